The zero-order valence-corrected chi connectivity index (χ0v) is 6.66. The van der Waals surface area contributed by atoms with E-state index in [4.69, 9.17) is 9.84 Å². The lowest BCUT2D eigenvalue weighted by Crippen LogP contribution is -1.95. The molecular formula is C8H11NO2. The van der Waals surface area contributed by atoms with Crippen LogP contribution in [0.25, 0.3) is 0 Å². The highest BCUT2D eigenvalue weighted by Gasteiger charge is 1.99. The van der Waals surface area contributed by atoms with Gasteiger partial charge in [0.05, 0.1) is 12.8 Å². The summed E-state index contributed by atoms with van der Waals surface area (Å²) in [5, 5.41) is 8.99. The van der Waals surface area contributed by atoms with Gasteiger partial charge in [-0.15, -0.1) is 0 Å². The molecule has 1 aromatic rings. The van der Waals surface area contributed by atoms with E-state index < -0.39 is 0 Å². The van der Waals surface area contributed by atoms with Crippen LogP contribution in [-0.2, 0) is 0 Å². The maximum atomic E-state index is 8.99. The fourth-order valence-corrected chi connectivity index (χ4v) is 0.835. The van der Waals surface area contributed by atoms with E-state index in [1.54, 1.807) is 6.07 Å². The topological polar surface area (TPSA) is 42.4 Å². The van der Waals surface area contributed by atoms with Gasteiger partial charge in [-0.2, -0.15) is 0 Å². The average molecular weight is 153 g/mol. The molecule has 0 aliphatic heterocycles. The number of aromatic hydroxyl groups is 1. The van der Waals surface area contributed by atoms with Crippen molar-refractivity contribution in [3.63, 3.8) is 0 Å². The summed E-state index contributed by atoms with van der Waals surface area (Å²) in [7, 11) is 0. The summed E-state index contributed by atoms with van der Waals surface area (Å²) >= 11 is 0. The summed E-state index contributed by atoms with van der Waals surface area (Å²) < 4.78 is 5.17. The number of hydrogen-bond donors (Lipinski definition) is 1. The van der Waals surface area contributed by atoms with Crippen molar-refractivity contribution in [1.29, 1.82) is 0 Å². The van der Waals surface area contributed by atoms with E-state index >= 15 is 0 Å². The van der Waals surface area contributed by atoms with Crippen LogP contribution in [0, 0.1) is 6.92 Å². The zero-order valence-electron chi connectivity index (χ0n) is 6.66. The second-order valence-corrected chi connectivity index (χ2v) is 2.25. The van der Waals surface area contributed by atoms with Gasteiger partial charge >= 0.3 is 0 Å². The molecule has 0 aliphatic carbocycles. The molecule has 60 valence electrons. The second kappa shape index (κ2) is 3.23. The SMILES string of the molecule is CCOc1ncc(O)cc1C. The summed E-state index contributed by atoms with van der Waals surface area (Å²) in [6.07, 6.45) is 1.37. The molecule has 0 saturated carbocycles. The molecule has 0 radical (unpaired) electrons. The smallest absolute Gasteiger partial charge is 0.216 e. The molecule has 1 N–H and O–H groups in total. The lowest BCUT2D eigenvalue weighted by atomic mass is 10.3. The predicted molar refractivity (Wildman–Crippen MR) is 41.8 cm³/mol. The number of pyridine rings is 1. The van der Waals surface area contributed by atoms with Crippen molar-refractivity contribution in [3.8, 4) is 11.6 Å². The number of aromatic nitrogens is 1. The Morgan fingerprint density at radius 2 is 2.36 bits per heavy atom. The fraction of sp³-hybridized carbons (Fsp3) is 0.375. The molecule has 0 amide bonds. The minimum atomic E-state index is 0.172. The highest BCUT2D eigenvalue weighted by atomic mass is 16.5. The van der Waals surface area contributed by atoms with E-state index in [0.29, 0.717) is 12.5 Å². The van der Waals surface area contributed by atoms with Gasteiger partial charge in [0.1, 0.15) is 5.75 Å². The molecule has 3 nitrogen and oxygen atoms in total. The number of rotatable bonds is 2. The first-order valence-electron chi connectivity index (χ1n) is 3.52. The monoisotopic (exact) mass is 153 g/mol. The number of aryl methyl sites for hydroxylation is 1. The maximum Gasteiger partial charge on any atom is 0.216 e. The largest absolute Gasteiger partial charge is 0.506 e. The molecule has 0 aliphatic rings. The first-order valence-corrected chi connectivity index (χ1v) is 3.52. The van der Waals surface area contributed by atoms with Gasteiger partial charge in [0.25, 0.3) is 0 Å². The van der Waals surface area contributed by atoms with Crippen LogP contribution in [0.3, 0.4) is 0 Å². The molecular weight excluding hydrogens is 142 g/mol. The summed E-state index contributed by atoms with van der Waals surface area (Å²) in [5.74, 6) is 0.760. The molecule has 0 saturated heterocycles. The zero-order chi connectivity index (χ0) is 8.27. The van der Waals surface area contributed by atoms with Crippen molar-refractivity contribution in [1.82, 2.24) is 4.98 Å². The minimum Gasteiger partial charge on any atom is -0.506 e. The number of hydrogen-bond acceptors (Lipinski definition) is 3. The van der Waals surface area contributed by atoms with Crippen molar-refractivity contribution < 1.29 is 9.84 Å². The van der Waals surface area contributed by atoms with Crippen LogP contribution in [0.5, 0.6) is 11.6 Å². The summed E-state index contributed by atoms with van der Waals surface area (Å²) in [6, 6.07) is 1.62. The first-order chi connectivity index (χ1) is 5.24. The number of nitrogens with zero attached hydrogens (tertiary/aromatic N) is 1. The highest BCUT2D eigenvalue weighted by molar-refractivity contribution is 5.30. The lowest BCUT2D eigenvalue weighted by Gasteiger charge is -2.04. The Morgan fingerprint density at radius 1 is 1.64 bits per heavy atom. The van der Waals surface area contributed by atoms with Crippen LogP contribution in [0.4, 0.5) is 0 Å². The third-order valence-electron chi connectivity index (χ3n) is 1.30. The van der Waals surface area contributed by atoms with E-state index in [1.807, 2.05) is 13.8 Å². The van der Waals surface area contributed by atoms with Crippen LogP contribution < -0.4 is 4.74 Å². The minimum absolute atomic E-state index is 0.172. The molecule has 0 spiro atoms. The van der Waals surface area contributed by atoms with Gasteiger partial charge in [-0.3, -0.25) is 0 Å². The first kappa shape index (κ1) is 7.85. The Bertz CT molecular complexity index is 248. The molecule has 11 heavy (non-hydrogen) atoms. The van der Waals surface area contributed by atoms with Gasteiger partial charge in [0.2, 0.25) is 5.88 Å². The van der Waals surface area contributed by atoms with Gasteiger partial charge < -0.3 is 9.84 Å². The normalized spacial score (nSPS) is 9.64. The Labute approximate surface area is 65.7 Å². The third-order valence-corrected chi connectivity index (χ3v) is 1.30. The van der Waals surface area contributed by atoms with E-state index in [0.717, 1.165) is 5.56 Å². The Morgan fingerprint density at radius 3 is 2.91 bits per heavy atom. The van der Waals surface area contributed by atoms with Crippen LogP contribution in [0.1, 0.15) is 12.5 Å². The van der Waals surface area contributed by atoms with E-state index in [-0.39, 0.29) is 5.75 Å². The standard InChI is InChI=1S/C8H11NO2/c1-3-11-8-6(2)4-7(10)5-9-8/h4-5,10H,3H2,1-2H3. The molecule has 0 aromatic carbocycles. The van der Waals surface area contributed by atoms with Crippen molar-refractivity contribution >= 4 is 0 Å². The molecule has 1 rings (SSSR count). The quantitative estimate of drug-likeness (QED) is 0.700. The lowest BCUT2D eigenvalue weighted by molar-refractivity contribution is 0.323. The Balaban J connectivity index is 2.90. The third kappa shape index (κ3) is 1.83. The van der Waals surface area contributed by atoms with E-state index in [9.17, 15) is 0 Å². The molecule has 0 unspecified atom stereocenters. The van der Waals surface area contributed by atoms with Crippen molar-refractivity contribution in [3.05, 3.63) is 17.8 Å². The highest BCUT2D eigenvalue weighted by Crippen LogP contribution is 2.18. The Kier molecular flexibility index (Phi) is 2.31. The van der Waals surface area contributed by atoms with Crippen molar-refractivity contribution in [2.75, 3.05) is 6.61 Å². The van der Waals surface area contributed by atoms with Gasteiger partial charge in [0.15, 0.2) is 0 Å². The van der Waals surface area contributed by atoms with Gasteiger partial charge in [-0.1, -0.05) is 0 Å². The number of ether oxygens (including phenoxy) is 1. The van der Waals surface area contributed by atoms with Crippen LogP contribution in [-0.4, -0.2) is 16.7 Å². The maximum absolute atomic E-state index is 8.99. The molecule has 1 aromatic heterocycles. The average Bonchev–Trinajstić information content (AvgIpc) is 1.95. The Hall–Kier alpha value is -1.25. The molecule has 1 heterocycles. The summed E-state index contributed by atoms with van der Waals surface area (Å²) in [5.41, 5.74) is 0.854. The summed E-state index contributed by atoms with van der Waals surface area (Å²) in [4.78, 5) is 3.90. The van der Waals surface area contributed by atoms with Gasteiger partial charge in [0, 0.05) is 5.56 Å². The second-order valence-electron chi connectivity index (χ2n) is 2.25. The molecule has 0 atom stereocenters. The van der Waals surface area contributed by atoms with E-state index in [1.165, 1.54) is 6.20 Å². The summed E-state index contributed by atoms with van der Waals surface area (Å²) in [6.45, 7) is 4.34. The van der Waals surface area contributed by atoms with Crippen LogP contribution >= 0.6 is 0 Å². The van der Waals surface area contributed by atoms with E-state index in [2.05, 4.69) is 4.98 Å². The van der Waals surface area contributed by atoms with Crippen LogP contribution in [0.2, 0.25) is 0 Å². The van der Waals surface area contributed by atoms with Gasteiger partial charge in [-0.25, -0.2) is 4.98 Å². The predicted octanol–water partition coefficient (Wildman–Crippen LogP) is 1.49. The molecule has 3 heteroatoms. The van der Waals surface area contributed by atoms with Gasteiger partial charge in [-0.05, 0) is 19.9 Å². The van der Waals surface area contributed by atoms with Crippen molar-refractivity contribution in [2.45, 2.75) is 13.8 Å². The molecule has 0 fully saturated rings. The van der Waals surface area contributed by atoms with Crippen LogP contribution in [0.15, 0.2) is 12.3 Å². The molecule has 0 bridgehead atoms. The van der Waals surface area contributed by atoms with Crippen molar-refractivity contribution in [2.24, 2.45) is 0 Å². The fourth-order valence-electron chi connectivity index (χ4n) is 0.835.